The van der Waals surface area contributed by atoms with E-state index in [1.54, 1.807) is 0 Å². The van der Waals surface area contributed by atoms with Gasteiger partial charge in [-0.2, -0.15) is 0 Å². The predicted molar refractivity (Wildman–Crippen MR) is 65.8 cm³/mol. The average molecular weight is 223 g/mol. The van der Waals surface area contributed by atoms with E-state index in [0.717, 1.165) is 25.2 Å². The van der Waals surface area contributed by atoms with Crippen molar-refractivity contribution in [2.45, 2.75) is 19.8 Å². The molecule has 16 heavy (non-hydrogen) atoms. The summed E-state index contributed by atoms with van der Waals surface area (Å²) in [5.74, 6) is 0.924. The smallest absolute Gasteiger partial charge is 0.122 e. The summed E-state index contributed by atoms with van der Waals surface area (Å²) >= 11 is 0. The Kier molecular flexibility index (Phi) is 6.61. The molecule has 3 nitrogen and oxygen atoms in total. The summed E-state index contributed by atoms with van der Waals surface area (Å²) in [4.78, 5) is 0. The molecule has 0 spiro atoms. The van der Waals surface area contributed by atoms with Gasteiger partial charge in [-0.05, 0) is 31.0 Å². The lowest BCUT2D eigenvalue weighted by atomic mass is 10.1. The molecule has 90 valence electrons. The number of para-hydroxylation sites is 1. The van der Waals surface area contributed by atoms with Crippen molar-refractivity contribution < 1.29 is 9.47 Å². The Labute approximate surface area is 97.6 Å². The van der Waals surface area contributed by atoms with Crippen LogP contribution in [-0.2, 0) is 11.2 Å². The first-order valence-corrected chi connectivity index (χ1v) is 5.87. The van der Waals surface area contributed by atoms with E-state index in [1.165, 1.54) is 5.56 Å². The van der Waals surface area contributed by atoms with E-state index in [4.69, 9.17) is 15.2 Å². The molecule has 0 unspecified atom stereocenters. The number of hydrogen-bond acceptors (Lipinski definition) is 3. The Morgan fingerprint density at radius 3 is 2.69 bits per heavy atom. The van der Waals surface area contributed by atoms with Crippen LogP contribution in [0.1, 0.15) is 18.9 Å². The predicted octanol–water partition coefficient (Wildman–Crippen LogP) is 1.99. The van der Waals surface area contributed by atoms with Crippen LogP contribution in [-0.4, -0.2) is 26.4 Å². The second-order valence-electron chi connectivity index (χ2n) is 3.61. The summed E-state index contributed by atoms with van der Waals surface area (Å²) in [6.45, 7) is 4.78. The van der Waals surface area contributed by atoms with Gasteiger partial charge in [-0.1, -0.05) is 25.1 Å². The van der Waals surface area contributed by atoms with Crippen molar-refractivity contribution in [3.8, 4) is 5.75 Å². The normalized spacial score (nSPS) is 10.4. The van der Waals surface area contributed by atoms with Gasteiger partial charge in [-0.15, -0.1) is 0 Å². The molecule has 1 aromatic rings. The van der Waals surface area contributed by atoms with Crippen molar-refractivity contribution >= 4 is 0 Å². The molecule has 0 heterocycles. The van der Waals surface area contributed by atoms with Crippen molar-refractivity contribution in [2.24, 2.45) is 5.73 Å². The maximum atomic E-state index is 5.66. The monoisotopic (exact) mass is 223 g/mol. The van der Waals surface area contributed by atoms with Crippen LogP contribution in [0.15, 0.2) is 24.3 Å². The van der Waals surface area contributed by atoms with E-state index in [1.807, 2.05) is 18.2 Å². The fraction of sp³-hybridized carbons (Fsp3) is 0.538. The zero-order chi connectivity index (χ0) is 11.6. The van der Waals surface area contributed by atoms with Crippen molar-refractivity contribution in [1.29, 1.82) is 0 Å². The summed E-state index contributed by atoms with van der Waals surface area (Å²) in [5.41, 5.74) is 6.71. The molecule has 0 aliphatic rings. The molecule has 0 aliphatic heterocycles. The molecule has 0 amide bonds. The number of nitrogens with two attached hydrogens (primary N) is 1. The molecule has 0 aromatic heterocycles. The Hall–Kier alpha value is -1.06. The summed E-state index contributed by atoms with van der Waals surface area (Å²) in [6, 6.07) is 8.01. The highest BCUT2D eigenvalue weighted by molar-refractivity contribution is 5.33. The largest absolute Gasteiger partial charge is 0.491 e. The van der Waals surface area contributed by atoms with Gasteiger partial charge in [0.1, 0.15) is 12.4 Å². The fourth-order valence-electron chi connectivity index (χ4n) is 1.46. The third-order valence-electron chi connectivity index (χ3n) is 2.22. The van der Waals surface area contributed by atoms with E-state index in [-0.39, 0.29) is 0 Å². The minimum absolute atomic E-state index is 0.599. The molecular weight excluding hydrogens is 202 g/mol. The van der Waals surface area contributed by atoms with E-state index in [9.17, 15) is 0 Å². The van der Waals surface area contributed by atoms with Gasteiger partial charge in [0.05, 0.1) is 6.61 Å². The van der Waals surface area contributed by atoms with Crippen LogP contribution in [0.4, 0.5) is 0 Å². The van der Waals surface area contributed by atoms with Crippen LogP contribution in [0, 0.1) is 0 Å². The van der Waals surface area contributed by atoms with Crippen LogP contribution < -0.4 is 10.5 Å². The lowest BCUT2D eigenvalue weighted by Gasteiger charge is -2.10. The SMILES string of the molecule is CCCOCCOc1ccccc1CCN. The zero-order valence-corrected chi connectivity index (χ0v) is 9.95. The van der Waals surface area contributed by atoms with Crippen molar-refractivity contribution in [1.82, 2.24) is 0 Å². The highest BCUT2D eigenvalue weighted by Gasteiger charge is 2.01. The molecule has 0 atom stereocenters. The second-order valence-corrected chi connectivity index (χ2v) is 3.61. The minimum Gasteiger partial charge on any atom is -0.491 e. The average Bonchev–Trinajstić information content (AvgIpc) is 2.31. The summed E-state index contributed by atoms with van der Waals surface area (Å²) < 4.78 is 11.0. The maximum absolute atomic E-state index is 5.66. The van der Waals surface area contributed by atoms with Crippen LogP contribution in [0.2, 0.25) is 0 Å². The number of benzene rings is 1. The van der Waals surface area contributed by atoms with Gasteiger partial charge < -0.3 is 15.2 Å². The highest BCUT2D eigenvalue weighted by atomic mass is 16.5. The van der Waals surface area contributed by atoms with Gasteiger partial charge >= 0.3 is 0 Å². The number of rotatable bonds is 8. The molecule has 2 N–H and O–H groups in total. The molecule has 0 fully saturated rings. The van der Waals surface area contributed by atoms with Crippen LogP contribution in [0.5, 0.6) is 5.75 Å². The quantitative estimate of drug-likeness (QED) is 0.685. The Balaban J connectivity index is 2.34. The maximum Gasteiger partial charge on any atom is 0.122 e. The van der Waals surface area contributed by atoms with E-state index in [0.29, 0.717) is 19.8 Å². The third kappa shape index (κ3) is 4.64. The first kappa shape index (κ1) is 13.0. The van der Waals surface area contributed by atoms with Crippen molar-refractivity contribution in [3.63, 3.8) is 0 Å². The molecular formula is C13H21NO2. The van der Waals surface area contributed by atoms with Crippen LogP contribution in [0.3, 0.4) is 0 Å². The molecule has 0 bridgehead atoms. The topological polar surface area (TPSA) is 44.5 Å². The van der Waals surface area contributed by atoms with Crippen molar-refractivity contribution in [3.05, 3.63) is 29.8 Å². The van der Waals surface area contributed by atoms with Gasteiger partial charge in [0.25, 0.3) is 0 Å². The summed E-state index contributed by atoms with van der Waals surface area (Å²) in [6.07, 6.45) is 1.90. The van der Waals surface area contributed by atoms with Crippen LogP contribution >= 0.6 is 0 Å². The van der Waals surface area contributed by atoms with E-state index >= 15 is 0 Å². The van der Waals surface area contributed by atoms with Gasteiger partial charge in [0, 0.05) is 6.61 Å². The Morgan fingerprint density at radius 2 is 1.94 bits per heavy atom. The molecule has 0 saturated carbocycles. The second kappa shape index (κ2) is 8.13. The van der Waals surface area contributed by atoms with Gasteiger partial charge in [-0.25, -0.2) is 0 Å². The number of hydrogen-bond donors (Lipinski definition) is 1. The lowest BCUT2D eigenvalue weighted by Crippen LogP contribution is -2.09. The Morgan fingerprint density at radius 1 is 1.12 bits per heavy atom. The van der Waals surface area contributed by atoms with Crippen molar-refractivity contribution in [2.75, 3.05) is 26.4 Å². The molecule has 0 aliphatic carbocycles. The van der Waals surface area contributed by atoms with Gasteiger partial charge in [0.15, 0.2) is 0 Å². The molecule has 1 aromatic carbocycles. The first-order chi connectivity index (χ1) is 7.88. The fourth-order valence-corrected chi connectivity index (χ4v) is 1.46. The first-order valence-electron chi connectivity index (χ1n) is 5.87. The summed E-state index contributed by atoms with van der Waals surface area (Å²) in [7, 11) is 0. The third-order valence-corrected chi connectivity index (χ3v) is 2.22. The molecule has 0 saturated heterocycles. The Bertz CT molecular complexity index is 289. The zero-order valence-electron chi connectivity index (χ0n) is 9.95. The highest BCUT2D eigenvalue weighted by Crippen LogP contribution is 2.17. The standard InChI is InChI=1S/C13H21NO2/c1-2-9-15-10-11-16-13-6-4-3-5-12(13)7-8-14/h3-6H,2,7-11,14H2,1H3. The molecule has 0 radical (unpaired) electrons. The van der Waals surface area contributed by atoms with Gasteiger partial charge in [0.2, 0.25) is 0 Å². The molecule has 1 rings (SSSR count). The van der Waals surface area contributed by atoms with Crippen LogP contribution in [0.25, 0.3) is 0 Å². The summed E-state index contributed by atoms with van der Waals surface area (Å²) in [5, 5.41) is 0. The van der Waals surface area contributed by atoms with E-state index < -0.39 is 0 Å². The van der Waals surface area contributed by atoms with E-state index in [2.05, 4.69) is 13.0 Å². The lowest BCUT2D eigenvalue weighted by molar-refractivity contribution is 0.100. The minimum atomic E-state index is 0.599. The van der Waals surface area contributed by atoms with Gasteiger partial charge in [-0.3, -0.25) is 0 Å². The molecule has 3 heteroatoms. The number of ether oxygens (including phenoxy) is 2.